The molecule has 1 unspecified atom stereocenters. The molecule has 4 heteroatoms. The van der Waals surface area contributed by atoms with E-state index in [2.05, 4.69) is 6.92 Å². The second-order valence-corrected chi connectivity index (χ2v) is 6.98. The van der Waals surface area contributed by atoms with E-state index < -0.39 is 4.87 Å². The summed E-state index contributed by atoms with van der Waals surface area (Å²) >= 11 is 6.57. The van der Waals surface area contributed by atoms with Crippen molar-refractivity contribution < 1.29 is 14.9 Å². The number of unbranched alkanes of at least 4 members (excludes halogenated alkanes) is 7. The molecule has 1 atom stereocenters. The van der Waals surface area contributed by atoms with Crippen LogP contribution in [0.1, 0.15) is 84.5 Å². The van der Waals surface area contributed by atoms with E-state index >= 15 is 0 Å². The molecule has 0 saturated carbocycles. The van der Waals surface area contributed by atoms with Crippen molar-refractivity contribution in [2.24, 2.45) is 0 Å². The van der Waals surface area contributed by atoms with Gasteiger partial charge in [0, 0.05) is 19.8 Å². The second kappa shape index (κ2) is 14.7. The summed E-state index contributed by atoms with van der Waals surface area (Å²) in [6.45, 7) is 5.07. The molecule has 3 nitrogen and oxygen atoms in total. The molecule has 0 aliphatic carbocycles. The molecule has 2 N–H and O–H groups in total. The van der Waals surface area contributed by atoms with E-state index in [-0.39, 0.29) is 19.3 Å². The summed E-state index contributed by atoms with van der Waals surface area (Å²) in [4.78, 5) is -0.640. The van der Waals surface area contributed by atoms with E-state index in [1.54, 1.807) is 0 Å². The van der Waals surface area contributed by atoms with Gasteiger partial charge in [-0.15, -0.1) is 11.6 Å². The van der Waals surface area contributed by atoms with Crippen LogP contribution in [0.2, 0.25) is 0 Å². The number of ether oxygens (including phenoxy) is 1. The lowest BCUT2D eigenvalue weighted by Gasteiger charge is -2.34. The highest BCUT2D eigenvalue weighted by atomic mass is 35.5. The van der Waals surface area contributed by atoms with Gasteiger partial charge in [0.25, 0.3) is 0 Å². The van der Waals surface area contributed by atoms with Crippen molar-refractivity contribution in [1.29, 1.82) is 0 Å². The third-order valence-electron chi connectivity index (χ3n) is 4.32. The molecule has 0 spiro atoms. The van der Waals surface area contributed by atoms with Crippen LogP contribution in [0.5, 0.6) is 0 Å². The van der Waals surface area contributed by atoms with Crippen LogP contribution < -0.4 is 0 Å². The predicted molar refractivity (Wildman–Crippen MR) is 94.6 cm³/mol. The van der Waals surface area contributed by atoms with Gasteiger partial charge in [-0.05, 0) is 25.7 Å². The maximum atomic E-state index is 9.18. The number of rotatable bonds is 16. The summed E-state index contributed by atoms with van der Waals surface area (Å²) < 4.78 is 5.95. The highest BCUT2D eigenvalue weighted by Crippen LogP contribution is 2.32. The van der Waals surface area contributed by atoms with E-state index in [0.29, 0.717) is 12.8 Å². The maximum Gasteiger partial charge on any atom is 0.0765 e. The maximum absolute atomic E-state index is 9.18. The molecule has 0 aromatic rings. The Bertz CT molecular complexity index is 230. The Kier molecular flexibility index (Phi) is 14.9. The van der Waals surface area contributed by atoms with Gasteiger partial charge in [-0.25, -0.2) is 0 Å². The minimum atomic E-state index is -0.640. The first kappa shape index (κ1) is 22.2. The lowest BCUT2D eigenvalue weighted by Crippen LogP contribution is -2.40. The molecule has 0 saturated heterocycles. The standard InChI is InChI=1S/C18H37ClO3/c1-3-5-6-7-8-9-10-11-16-22-17(4-2)18(19,12-14-20)13-15-21/h17,20-21H,3-16H2,1-2H3. The van der Waals surface area contributed by atoms with Gasteiger partial charge >= 0.3 is 0 Å². The Morgan fingerprint density at radius 1 is 0.864 bits per heavy atom. The Morgan fingerprint density at radius 3 is 1.82 bits per heavy atom. The fourth-order valence-electron chi connectivity index (χ4n) is 2.91. The van der Waals surface area contributed by atoms with Gasteiger partial charge < -0.3 is 14.9 Å². The van der Waals surface area contributed by atoms with Crippen LogP contribution >= 0.6 is 11.6 Å². The fourth-order valence-corrected chi connectivity index (χ4v) is 3.30. The van der Waals surface area contributed by atoms with Gasteiger partial charge in [0.15, 0.2) is 0 Å². The van der Waals surface area contributed by atoms with Crippen LogP contribution in [0, 0.1) is 0 Å². The molecule has 0 radical (unpaired) electrons. The van der Waals surface area contributed by atoms with E-state index in [0.717, 1.165) is 19.4 Å². The Labute approximate surface area is 142 Å². The minimum Gasteiger partial charge on any atom is -0.396 e. The zero-order chi connectivity index (χ0) is 16.7. The van der Waals surface area contributed by atoms with E-state index in [4.69, 9.17) is 16.3 Å². The van der Waals surface area contributed by atoms with Gasteiger partial charge in [0.2, 0.25) is 0 Å². The monoisotopic (exact) mass is 336 g/mol. The van der Waals surface area contributed by atoms with Crippen LogP contribution in [-0.4, -0.2) is 41.0 Å². The quantitative estimate of drug-likeness (QED) is 0.318. The average Bonchev–Trinajstić information content (AvgIpc) is 2.49. The van der Waals surface area contributed by atoms with E-state index in [9.17, 15) is 10.2 Å². The molecular formula is C18H37ClO3. The van der Waals surface area contributed by atoms with Gasteiger partial charge in [0.05, 0.1) is 11.0 Å². The highest BCUT2D eigenvalue weighted by Gasteiger charge is 2.35. The molecule has 0 rings (SSSR count). The minimum absolute atomic E-state index is 0.0289. The highest BCUT2D eigenvalue weighted by molar-refractivity contribution is 6.24. The first-order valence-electron chi connectivity index (χ1n) is 9.16. The molecule has 0 heterocycles. The van der Waals surface area contributed by atoms with Crippen LogP contribution in [0.25, 0.3) is 0 Å². The third-order valence-corrected chi connectivity index (χ3v) is 4.94. The second-order valence-electron chi connectivity index (χ2n) is 6.22. The summed E-state index contributed by atoms with van der Waals surface area (Å²) in [6, 6.07) is 0. The first-order valence-corrected chi connectivity index (χ1v) is 9.54. The molecule has 0 aromatic carbocycles. The van der Waals surface area contributed by atoms with Crippen molar-refractivity contribution in [3.63, 3.8) is 0 Å². The molecular weight excluding hydrogens is 300 g/mol. The van der Waals surface area contributed by atoms with Crippen molar-refractivity contribution in [3.8, 4) is 0 Å². The van der Waals surface area contributed by atoms with Gasteiger partial charge in [-0.3, -0.25) is 0 Å². The number of hydrogen-bond acceptors (Lipinski definition) is 3. The Morgan fingerprint density at radius 2 is 1.36 bits per heavy atom. The molecule has 0 amide bonds. The largest absolute Gasteiger partial charge is 0.396 e. The van der Waals surface area contributed by atoms with E-state index in [1.807, 2.05) is 6.92 Å². The first-order chi connectivity index (χ1) is 10.6. The fraction of sp³-hybridized carbons (Fsp3) is 1.00. The average molecular weight is 337 g/mol. The van der Waals surface area contributed by atoms with Gasteiger partial charge in [-0.2, -0.15) is 0 Å². The Hall–Kier alpha value is 0.170. The third kappa shape index (κ3) is 10.0. The summed E-state index contributed by atoms with van der Waals surface area (Å²) in [5.74, 6) is 0. The van der Waals surface area contributed by atoms with Crippen LogP contribution in [-0.2, 0) is 4.74 Å². The molecule has 0 fully saturated rings. The van der Waals surface area contributed by atoms with Crippen molar-refractivity contribution in [1.82, 2.24) is 0 Å². The topological polar surface area (TPSA) is 49.7 Å². The lowest BCUT2D eigenvalue weighted by molar-refractivity contribution is 0.00483. The summed E-state index contributed by atoms with van der Waals surface area (Å²) in [6.07, 6.45) is 11.9. The number of aliphatic hydroxyl groups is 2. The zero-order valence-corrected chi connectivity index (χ0v) is 15.4. The molecule has 0 aliphatic heterocycles. The van der Waals surface area contributed by atoms with Gasteiger partial charge in [0.1, 0.15) is 0 Å². The Balaban J connectivity index is 3.84. The summed E-state index contributed by atoms with van der Waals surface area (Å²) in [5, 5.41) is 18.4. The SMILES string of the molecule is CCCCCCCCCCOC(CC)C(Cl)(CCO)CCO. The number of halogens is 1. The molecule has 134 valence electrons. The number of hydrogen-bond donors (Lipinski definition) is 2. The van der Waals surface area contributed by atoms with Crippen molar-refractivity contribution in [2.75, 3.05) is 19.8 Å². The number of alkyl halides is 1. The van der Waals surface area contributed by atoms with E-state index in [1.165, 1.54) is 44.9 Å². The van der Waals surface area contributed by atoms with Crippen molar-refractivity contribution in [2.45, 2.75) is 95.5 Å². The van der Waals surface area contributed by atoms with Crippen molar-refractivity contribution >= 4 is 11.6 Å². The predicted octanol–water partition coefficient (Wildman–Crippen LogP) is 4.66. The normalized spacial score (nSPS) is 13.5. The lowest BCUT2D eigenvalue weighted by atomic mass is 9.92. The van der Waals surface area contributed by atoms with Gasteiger partial charge in [-0.1, -0.05) is 58.8 Å². The van der Waals surface area contributed by atoms with Crippen LogP contribution in [0.4, 0.5) is 0 Å². The molecule has 0 aliphatic rings. The van der Waals surface area contributed by atoms with Crippen LogP contribution in [0.3, 0.4) is 0 Å². The summed E-state index contributed by atoms with van der Waals surface area (Å²) in [5.41, 5.74) is 0. The molecule has 0 aromatic heterocycles. The summed E-state index contributed by atoms with van der Waals surface area (Å²) in [7, 11) is 0. The molecule has 0 bridgehead atoms. The smallest absolute Gasteiger partial charge is 0.0765 e. The van der Waals surface area contributed by atoms with Crippen molar-refractivity contribution in [3.05, 3.63) is 0 Å². The molecule has 22 heavy (non-hydrogen) atoms. The zero-order valence-electron chi connectivity index (χ0n) is 14.7. The number of aliphatic hydroxyl groups excluding tert-OH is 2. The van der Waals surface area contributed by atoms with Crippen LogP contribution in [0.15, 0.2) is 0 Å².